The molecule has 32 heavy (non-hydrogen) atoms. The third-order valence-corrected chi connectivity index (χ3v) is 6.46. The molecule has 2 atom stereocenters. The van der Waals surface area contributed by atoms with Gasteiger partial charge in [-0.05, 0) is 55.8 Å². The molecule has 1 N–H and O–H groups in total. The van der Waals surface area contributed by atoms with Crippen LogP contribution in [-0.2, 0) is 16.1 Å². The number of carbonyl (C=O) groups excluding carboxylic acids is 2. The number of nitrogens with zero attached hydrogens (tertiary/aromatic N) is 2. The molecular weight excluding hydrogens is 449 g/mol. The van der Waals surface area contributed by atoms with E-state index in [1.807, 2.05) is 54.1 Å². The van der Waals surface area contributed by atoms with Gasteiger partial charge in [-0.15, -0.1) is 0 Å². The van der Waals surface area contributed by atoms with E-state index in [-0.39, 0.29) is 17.9 Å². The SMILES string of the molecule is Cc1cc(CNC(C)c2ccc(Cl)c(Cl)c2)ccc1OCCN1CN(C)CC1C(=O)C=O. The molecule has 0 saturated carbocycles. The maximum absolute atomic E-state index is 11.8. The smallest absolute Gasteiger partial charge is 0.213 e. The van der Waals surface area contributed by atoms with Crippen LogP contribution in [0.2, 0.25) is 10.0 Å². The maximum Gasteiger partial charge on any atom is 0.213 e. The molecule has 0 amide bonds. The van der Waals surface area contributed by atoms with Crippen LogP contribution in [0.4, 0.5) is 0 Å². The average Bonchev–Trinajstić information content (AvgIpc) is 3.15. The average molecular weight is 478 g/mol. The topological polar surface area (TPSA) is 61.9 Å². The van der Waals surface area contributed by atoms with E-state index in [0.29, 0.717) is 49.2 Å². The molecule has 6 nitrogen and oxygen atoms in total. The molecule has 0 bridgehead atoms. The number of ketones is 1. The Morgan fingerprint density at radius 3 is 2.72 bits per heavy atom. The predicted molar refractivity (Wildman–Crippen MR) is 127 cm³/mol. The fourth-order valence-corrected chi connectivity index (χ4v) is 4.19. The second kappa shape index (κ2) is 11.3. The maximum atomic E-state index is 11.8. The van der Waals surface area contributed by atoms with Crippen LogP contribution in [-0.4, -0.2) is 61.3 Å². The minimum Gasteiger partial charge on any atom is -0.492 e. The fraction of sp³-hybridized carbons (Fsp3) is 0.417. The number of aldehydes is 1. The highest BCUT2D eigenvalue weighted by molar-refractivity contribution is 6.42. The molecule has 1 aliphatic heterocycles. The second-order valence-corrected chi connectivity index (χ2v) is 9.07. The quantitative estimate of drug-likeness (QED) is 0.413. The van der Waals surface area contributed by atoms with Crippen molar-refractivity contribution >= 4 is 35.3 Å². The van der Waals surface area contributed by atoms with Crippen molar-refractivity contribution in [1.29, 1.82) is 0 Å². The van der Waals surface area contributed by atoms with Crippen LogP contribution in [0.3, 0.4) is 0 Å². The third-order valence-electron chi connectivity index (χ3n) is 5.72. The zero-order valence-corrected chi connectivity index (χ0v) is 20.1. The van der Waals surface area contributed by atoms with Gasteiger partial charge in [-0.2, -0.15) is 0 Å². The van der Waals surface area contributed by atoms with E-state index >= 15 is 0 Å². The van der Waals surface area contributed by atoms with E-state index < -0.39 is 0 Å². The lowest BCUT2D eigenvalue weighted by atomic mass is 10.1. The number of halogens is 2. The van der Waals surface area contributed by atoms with Gasteiger partial charge >= 0.3 is 0 Å². The van der Waals surface area contributed by atoms with Crippen LogP contribution < -0.4 is 10.1 Å². The third kappa shape index (κ3) is 6.30. The van der Waals surface area contributed by atoms with Gasteiger partial charge in [0.05, 0.1) is 22.8 Å². The monoisotopic (exact) mass is 477 g/mol. The Bertz CT molecular complexity index is 970. The van der Waals surface area contributed by atoms with Gasteiger partial charge in [-0.25, -0.2) is 0 Å². The Morgan fingerprint density at radius 1 is 1.25 bits per heavy atom. The van der Waals surface area contributed by atoms with Gasteiger partial charge in [0.1, 0.15) is 12.4 Å². The highest BCUT2D eigenvalue weighted by Crippen LogP contribution is 2.26. The molecule has 0 spiro atoms. The molecule has 1 fully saturated rings. The highest BCUT2D eigenvalue weighted by Gasteiger charge is 2.33. The molecule has 2 unspecified atom stereocenters. The first kappa shape index (κ1) is 24.7. The van der Waals surface area contributed by atoms with Crippen LogP contribution in [0.15, 0.2) is 36.4 Å². The summed E-state index contributed by atoms with van der Waals surface area (Å²) in [6.45, 7) is 7.05. The lowest BCUT2D eigenvalue weighted by Gasteiger charge is -2.21. The minimum atomic E-state index is -0.381. The predicted octanol–water partition coefficient (Wildman–Crippen LogP) is 3.87. The number of rotatable bonds is 10. The molecule has 3 rings (SSSR count). The summed E-state index contributed by atoms with van der Waals surface area (Å²) in [5, 5.41) is 4.61. The van der Waals surface area contributed by atoms with Gasteiger partial charge in [0, 0.05) is 25.7 Å². The first-order chi connectivity index (χ1) is 15.3. The lowest BCUT2D eigenvalue weighted by Crippen LogP contribution is -2.40. The number of benzene rings is 2. The number of nitrogens with one attached hydrogen (secondary N) is 1. The van der Waals surface area contributed by atoms with Gasteiger partial charge < -0.3 is 10.1 Å². The molecule has 1 heterocycles. The van der Waals surface area contributed by atoms with Gasteiger partial charge in [0.25, 0.3) is 0 Å². The Kier molecular flexibility index (Phi) is 8.68. The number of carbonyl (C=O) groups is 2. The van der Waals surface area contributed by atoms with Crippen molar-refractivity contribution in [2.75, 3.05) is 33.4 Å². The Morgan fingerprint density at radius 2 is 2.03 bits per heavy atom. The summed E-state index contributed by atoms with van der Waals surface area (Å²) in [7, 11) is 1.94. The lowest BCUT2D eigenvalue weighted by molar-refractivity contribution is -0.132. The van der Waals surface area contributed by atoms with Crippen molar-refractivity contribution < 1.29 is 14.3 Å². The zero-order chi connectivity index (χ0) is 23.3. The number of hydrogen-bond acceptors (Lipinski definition) is 6. The van der Waals surface area contributed by atoms with Gasteiger partial charge in [0.2, 0.25) is 5.78 Å². The summed E-state index contributed by atoms with van der Waals surface area (Å²) < 4.78 is 5.96. The molecule has 2 aromatic carbocycles. The van der Waals surface area contributed by atoms with Crippen LogP contribution in [0.25, 0.3) is 0 Å². The highest BCUT2D eigenvalue weighted by atomic mass is 35.5. The van der Waals surface area contributed by atoms with Crippen molar-refractivity contribution in [3.05, 3.63) is 63.1 Å². The first-order valence-corrected chi connectivity index (χ1v) is 11.4. The van der Waals surface area contributed by atoms with Crippen LogP contribution in [0.1, 0.15) is 29.7 Å². The molecule has 1 saturated heterocycles. The van der Waals surface area contributed by atoms with E-state index in [2.05, 4.69) is 18.3 Å². The molecule has 8 heteroatoms. The van der Waals surface area contributed by atoms with E-state index in [0.717, 1.165) is 22.4 Å². The molecule has 1 aliphatic rings. The van der Waals surface area contributed by atoms with Gasteiger partial charge in [0.15, 0.2) is 6.29 Å². The largest absolute Gasteiger partial charge is 0.492 e. The molecule has 2 aromatic rings. The van der Waals surface area contributed by atoms with Gasteiger partial charge in [-0.3, -0.25) is 19.4 Å². The summed E-state index contributed by atoms with van der Waals surface area (Å²) in [5.74, 6) is 0.439. The normalized spacial score (nSPS) is 18.0. The fourth-order valence-electron chi connectivity index (χ4n) is 3.88. The summed E-state index contributed by atoms with van der Waals surface area (Å²) in [6.07, 6.45) is 0.414. The van der Waals surface area contributed by atoms with E-state index in [1.54, 1.807) is 0 Å². The first-order valence-electron chi connectivity index (χ1n) is 10.6. The van der Waals surface area contributed by atoms with Crippen molar-refractivity contribution in [2.45, 2.75) is 32.5 Å². The molecule has 0 radical (unpaired) electrons. The van der Waals surface area contributed by atoms with Gasteiger partial charge in [-0.1, -0.05) is 41.4 Å². The van der Waals surface area contributed by atoms with Crippen molar-refractivity contribution in [3.8, 4) is 5.75 Å². The Hall–Kier alpha value is -1.96. The summed E-state index contributed by atoms with van der Waals surface area (Å²) in [4.78, 5) is 26.7. The Labute approximate surface area is 199 Å². The van der Waals surface area contributed by atoms with Crippen LogP contribution in [0, 0.1) is 6.92 Å². The van der Waals surface area contributed by atoms with Crippen molar-refractivity contribution in [3.63, 3.8) is 0 Å². The van der Waals surface area contributed by atoms with E-state index in [9.17, 15) is 9.59 Å². The zero-order valence-electron chi connectivity index (χ0n) is 18.6. The standard InChI is InChI=1S/C24H29Cl2N3O3/c1-16-10-18(12-27-17(2)19-5-6-20(25)21(26)11-19)4-7-24(16)32-9-8-29-15-28(3)13-22(29)23(31)14-30/h4-7,10-11,14,17,22,27H,8-9,12-13,15H2,1-3H3. The summed E-state index contributed by atoms with van der Waals surface area (Å²) in [5.41, 5.74) is 3.28. The number of Topliss-reactive ketones (excluding diaryl/α,β-unsaturated/α-hetero) is 1. The van der Waals surface area contributed by atoms with E-state index in [1.165, 1.54) is 0 Å². The van der Waals surface area contributed by atoms with Crippen molar-refractivity contribution in [2.24, 2.45) is 0 Å². The van der Waals surface area contributed by atoms with Crippen LogP contribution in [0.5, 0.6) is 5.75 Å². The Balaban J connectivity index is 1.51. The van der Waals surface area contributed by atoms with Crippen LogP contribution >= 0.6 is 23.2 Å². The number of ether oxygens (including phenoxy) is 1. The molecule has 172 valence electrons. The number of hydrogen-bond donors (Lipinski definition) is 1. The summed E-state index contributed by atoms with van der Waals surface area (Å²) in [6, 6.07) is 11.5. The number of aryl methyl sites for hydroxylation is 1. The summed E-state index contributed by atoms with van der Waals surface area (Å²) >= 11 is 12.1. The second-order valence-electron chi connectivity index (χ2n) is 8.25. The molecular formula is C24H29Cl2N3O3. The molecule has 0 aliphatic carbocycles. The number of likely N-dealkylation sites (N-methyl/N-ethyl adjacent to an activating group) is 1. The minimum absolute atomic E-state index is 0.126. The van der Waals surface area contributed by atoms with Crippen molar-refractivity contribution in [1.82, 2.24) is 15.1 Å². The van der Waals surface area contributed by atoms with E-state index in [4.69, 9.17) is 27.9 Å². The molecule has 0 aromatic heterocycles.